The summed E-state index contributed by atoms with van der Waals surface area (Å²) in [6.45, 7) is 0. The summed E-state index contributed by atoms with van der Waals surface area (Å²) >= 11 is 0. The molecule has 34 heavy (non-hydrogen) atoms. The molecule has 0 amide bonds. The van der Waals surface area contributed by atoms with Gasteiger partial charge in [-0.05, 0) is 58.7 Å². The van der Waals surface area contributed by atoms with Gasteiger partial charge in [-0.25, -0.2) is 4.98 Å². The minimum absolute atomic E-state index is 0.958. The molecule has 0 atom stereocenters. The van der Waals surface area contributed by atoms with E-state index < -0.39 is 0 Å². The van der Waals surface area contributed by atoms with Crippen LogP contribution in [-0.2, 0) is 0 Å². The van der Waals surface area contributed by atoms with Gasteiger partial charge in [0.15, 0.2) is 0 Å². The first kappa shape index (κ1) is 18.9. The van der Waals surface area contributed by atoms with Gasteiger partial charge in [0.05, 0.1) is 11.0 Å². The second kappa shape index (κ2) is 7.46. The van der Waals surface area contributed by atoms with E-state index in [0.717, 1.165) is 5.65 Å². The third-order valence-corrected chi connectivity index (χ3v) is 6.64. The monoisotopic (exact) mass is 435 g/mol. The van der Waals surface area contributed by atoms with Gasteiger partial charge < -0.3 is 8.97 Å². The summed E-state index contributed by atoms with van der Waals surface area (Å²) in [4.78, 5) is 4.42. The molecule has 7 aromatic rings. The van der Waals surface area contributed by atoms with Crippen LogP contribution in [0.4, 0.5) is 0 Å². The van der Waals surface area contributed by atoms with Gasteiger partial charge in [-0.2, -0.15) is 0 Å². The lowest BCUT2D eigenvalue weighted by Crippen LogP contribution is -1.92. The molecule has 160 valence electrons. The van der Waals surface area contributed by atoms with Gasteiger partial charge in [-0.3, -0.25) is 0 Å². The maximum atomic E-state index is 4.42. The molecule has 0 saturated carbocycles. The Balaban J connectivity index is 1.41. The van der Waals surface area contributed by atoms with Crippen LogP contribution in [0, 0.1) is 0 Å². The Morgan fingerprint density at radius 1 is 0.559 bits per heavy atom. The fourth-order valence-electron chi connectivity index (χ4n) is 5.05. The molecule has 0 aliphatic rings. The molecule has 7 rings (SSSR count). The summed E-state index contributed by atoms with van der Waals surface area (Å²) in [5.41, 5.74) is 9.40. The quantitative estimate of drug-likeness (QED) is 0.278. The summed E-state index contributed by atoms with van der Waals surface area (Å²) in [6, 6.07) is 39.0. The predicted octanol–water partition coefficient (Wildman–Crippen LogP) is 7.77. The van der Waals surface area contributed by atoms with Crippen LogP contribution in [0.25, 0.3) is 55.4 Å². The van der Waals surface area contributed by atoms with E-state index in [4.69, 9.17) is 0 Å². The average Bonchev–Trinajstić information content (AvgIpc) is 3.51. The molecule has 0 aliphatic heterocycles. The Morgan fingerprint density at radius 3 is 2.21 bits per heavy atom. The lowest BCUT2D eigenvalue weighted by Gasteiger charge is -2.09. The summed E-state index contributed by atoms with van der Waals surface area (Å²) < 4.78 is 4.39. The van der Waals surface area contributed by atoms with Crippen LogP contribution in [-0.4, -0.2) is 14.0 Å². The highest BCUT2D eigenvalue weighted by Gasteiger charge is 2.15. The number of para-hydroxylation sites is 2. The molecular formula is C31H21N3. The lowest BCUT2D eigenvalue weighted by atomic mass is 9.97. The molecular weight excluding hydrogens is 414 g/mol. The van der Waals surface area contributed by atoms with Crippen LogP contribution >= 0.6 is 0 Å². The summed E-state index contributed by atoms with van der Waals surface area (Å²) in [5, 5.41) is 2.55. The van der Waals surface area contributed by atoms with Crippen LogP contribution in [0.5, 0.6) is 0 Å². The van der Waals surface area contributed by atoms with E-state index in [2.05, 4.69) is 125 Å². The van der Waals surface area contributed by atoms with Gasteiger partial charge in [-0.1, -0.05) is 72.8 Å². The third-order valence-electron chi connectivity index (χ3n) is 6.64. The minimum atomic E-state index is 0.958. The molecule has 3 heterocycles. The first-order valence-electron chi connectivity index (χ1n) is 11.5. The molecule has 0 saturated heterocycles. The van der Waals surface area contributed by atoms with E-state index in [1.807, 2.05) is 16.8 Å². The summed E-state index contributed by atoms with van der Waals surface area (Å²) in [7, 11) is 0. The zero-order valence-electron chi connectivity index (χ0n) is 18.5. The number of aromatic nitrogens is 3. The maximum Gasteiger partial charge on any atom is 0.137 e. The molecule has 0 aliphatic carbocycles. The molecule has 3 nitrogen and oxygen atoms in total. The molecule has 0 fully saturated rings. The maximum absolute atomic E-state index is 4.42. The van der Waals surface area contributed by atoms with Crippen molar-refractivity contribution in [3.8, 4) is 27.9 Å². The van der Waals surface area contributed by atoms with Crippen molar-refractivity contribution in [2.24, 2.45) is 0 Å². The molecule has 0 spiro atoms. The van der Waals surface area contributed by atoms with E-state index in [0.29, 0.717) is 0 Å². The van der Waals surface area contributed by atoms with Crippen molar-refractivity contribution < 1.29 is 0 Å². The summed E-state index contributed by atoms with van der Waals surface area (Å²) in [5.74, 6) is 0. The number of benzene rings is 4. The number of hydrogen-bond donors (Lipinski definition) is 0. The molecule has 3 heteroatoms. The third kappa shape index (κ3) is 2.87. The van der Waals surface area contributed by atoms with Crippen molar-refractivity contribution in [2.45, 2.75) is 0 Å². The summed E-state index contributed by atoms with van der Waals surface area (Å²) in [6.07, 6.45) is 5.86. The normalized spacial score (nSPS) is 11.5. The van der Waals surface area contributed by atoms with E-state index in [-0.39, 0.29) is 0 Å². The second-order valence-electron chi connectivity index (χ2n) is 8.57. The van der Waals surface area contributed by atoms with Crippen LogP contribution in [0.3, 0.4) is 0 Å². The minimum Gasteiger partial charge on any atom is -0.309 e. The molecule has 0 unspecified atom stereocenters. The highest BCUT2D eigenvalue weighted by molar-refractivity contribution is 6.15. The highest BCUT2D eigenvalue weighted by atomic mass is 15.0. The fraction of sp³-hybridized carbons (Fsp3) is 0. The van der Waals surface area contributed by atoms with Gasteiger partial charge in [0.2, 0.25) is 0 Å². The van der Waals surface area contributed by atoms with Gasteiger partial charge >= 0.3 is 0 Å². The number of pyridine rings is 1. The lowest BCUT2D eigenvalue weighted by molar-refractivity contribution is 1.18. The first-order valence-corrected chi connectivity index (χ1v) is 11.5. The van der Waals surface area contributed by atoms with Gasteiger partial charge in [0.1, 0.15) is 5.65 Å². The standard InChI is InChI=1S/C31H21N3/c1-2-7-25(8-3-1)34-28-11-5-4-9-27(28)31-26(10-6-12-29(31)34)23-15-13-22(14-16-23)24-17-19-33-20-18-32-30(33)21-24/h1-21H. The molecule has 4 aromatic carbocycles. The zero-order valence-corrected chi connectivity index (χ0v) is 18.5. The molecule has 0 radical (unpaired) electrons. The van der Waals surface area contributed by atoms with Crippen molar-refractivity contribution in [1.82, 2.24) is 14.0 Å². The topological polar surface area (TPSA) is 22.2 Å². The smallest absolute Gasteiger partial charge is 0.137 e. The molecule has 3 aromatic heterocycles. The van der Waals surface area contributed by atoms with E-state index >= 15 is 0 Å². The number of hydrogen-bond acceptors (Lipinski definition) is 1. The van der Waals surface area contributed by atoms with Crippen LogP contribution in [0.1, 0.15) is 0 Å². The van der Waals surface area contributed by atoms with Crippen molar-refractivity contribution in [3.63, 3.8) is 0 Å². The Morgan fingerprint density at radius 2 is 1.32 bits per heavy atom. The Labute approximate surface area is 197 Å². The van der Waals surface area contributed by atoms with Gasteiger partial charge in [0, 0.05) is 35.1 Å². The largest absolute Gasteiger partial charge is 0.309 e. The number of fused-ring (bicyclic) bond motifs is 4. The number of nitrogens with zero attached hydrogens (tertiary/aromatic N) is 3. The Bertz CT molecular complexity index is 1790. The fourth-order valence-corrected chi connectivity index (χ4v) is 5.05. The Kier molecular flexibility index (Phi) is 4.15. The van der Waals surface area contributed by atoms with Crippen molar-refractivity contribution in [2.75, 3.05) is 0 Å². The van der Waals surface area contributed by atoms with E-state index in [1.165, 1.54) is 49.7 Å². The van der Waals surface area contributed by atoms with Crippen molar-refractivity contribution in [1.29, 1.82) is 0 Å². The average molecular weight is 436 g/mol. The predicted molar refractivity (Wildman–Crippen MR) is 140 cm³/mol. The van der Waals surface area contributed by atoms with Crippen LogP contribution < -0.4 is 0 Å². The first-order chi connectivity index (χ1) is 16.9. The number of rotatable bonds is 3. The van der Waals surface area contributed by atoms with E-state index in [9.17, 15) is 0 Å². The van der Waals surface area contributed by atoms with Crippen molar-refractivity contribution in [3.05, 3.63) is 128 Å². The molecule has 0 N–H and O–H groups in total. The SMILES string of the molecule is c1ccc(-n2c3ccccc3c3c(-c4ccc(-c5ccn6ccnc6c5)cc4)cccc32)cc1. The van der Waals surface area contributed by atoms with E-state index in [1.54, 1.807) is 0 Å². The van der Waals surface area contributed by atoms with Gasteiger partial charge in [-0.15, -0.1) is 0 Å². The Hall–Kier alpha value is -4.63. The highest BCUT2D eigenvalue weighted by Crippen LogP contribution is 2.38. The molecule has 0 bridgehead atoms. The second-order valence-corrected chi connectivity index (χ2v) is 8.57. The van der Waals surface area contributed by atoms with Crippen molar-refractivity contribution >= 4 is 27.5 Å². The zero-order chi connectivity index (χ0) is 22.5. The number of imidazole rings is 1. The van der Waals surface area contributed by atoms with Gasteiger partial charge in [0.25, 0.3) is 0 Å². The van der Waals surface area contributed by atoms with Crippen LogP contribution in [0.2, 0.25) is 0 Å². The van der Waals surface area contributed by atoms with Crippen LogP contribution in [0.15, 0.2) is 128 Å².